The van der Waals surface area contributed by atoms with Gasteiger partial charge in [-0.25, -0.2) is 0 Å². The summed E-state index contributed by atoms with van der Waals surface area (Å²) < 4.78 is 1.02. The molecular weight excluding hydrogens is 282 g/mol. The number of halogens is 1. The second kappa shape index (κ2) is 6.17. The average Bonchev–Trinajstić information content (AvgIpc) is 2.15. The third-order valence-corrected chi connectivity index (χ3v) is 3.28. The van der Waals surface area contributed by atoms with Crippen LogP contribution in [0.5, 0.6) is 0 Å². The SMILES string of the molecule is CC(CC(=O)O)C(c1cccc(Br)c1)N(C)C. The molecule has 0 saturated heterocycles. The Labute approximate surface area is 111 Å². The van der Waals surface area contributed by atoms with Gasteiger partial charge in [0.05, 0.1) is 0 Å². The van der Waals surface area contributed by atoms with Crippen LogP contribution in [-0.2, 0) is 4.79 Å². The molecule has 0 saturated carbocycles. The molecule has 2 atom stereocenters. The van der Waals surface area contributed by atoms with E-state index in [1.54, 1.807) is 0 Å². The number of rotatable bonds is 5. The predicted octanol–water partition coefficient (Wildman–Crippen LogP) is 3.16. The number of carboxylic acids is 1. The number of carbonyl (C=O) groups is 1. The maximum atomic E-state index is 10.8. The highest BCUT2D eigenvalue weighted by atomic mass is 79.9. The molecule has 0 radical (unpaired) electrons. The van der Waals surface area contributed by atoms with Crippen LogP contribution >= 0.6 is 15.9 Å². The Hall–Kier alpha value is -0.870. The van der Waals surface area contributed by atoms with Crippen molar-refractivity contribution in [1.29, 1.82) is 0 Å². The van der Waals surface area contributed by atoms with E-state index in [9.17, 15) is 4.79 Å². The summed E-state index contributed by atoms with van der Waals surface area (Å²) in [4.78, 5) is 12.9. The molecule has 0 spiro atoms. The van der Waals surface area contributed by atoms with Crippen molar-refractivity contribution in [2.45, 2.75) is 19.4 Å². The van der Waals surface area contributed by atoms with E-state index in [-0.39, 0.29) is 18.4 Å². The fourth-order valence-corrected chi connectivity index (χ4v) is 2.63. The molecule has 1 rings (SSSR count). The lowest BCUT2D eigenvalue weighted by Gasteiger charge is -2.30. The van der Waals surface area contributed by atoms with Crippen molar-refractivity contribution in [2.24, 2.45) is 5.92 Å². The Kier molecular flexibility index (Phi) is 5.15. The van der Waals surface area contributed by atoms with Crippen molar-refractivity contribution in [1.82, 2.24) is 4.90 Å². The molecule has 94 valence electrons. The van der Waals surface area contributed by atoms with Gasteiger partial charge >= 0.3 is 5.97 Å². The number of aliphatic carboxylic acids is 1. The summed E-state index contributed by atoms with van der Waals surface area (Å²) in [6, 6.07) is 8.14. The molecule has 0 amide bonds. The number of carboxylic acid groups (broad SMARTS) is 1. The van der Waals surface area contributed by atoms with Crippen molar-refractivity contribution < 1.29 is 9.90 Å². The molecule has 0 fully saturated rings. The third-order valence-electron chi connectivity index (χ3n) is 2.78. The van der Waals surface area contributed by atoms with Gasteiger partial charge in [-0.05, 0) is 37.7 Å². The minimum absolute atomic E-state index is 0.0665. The van der Waals surface area contributed by atoms with Gasteiger partial charge in [-0.2, -0.15) is 0 Å². The van der Waals surface area contributed by atoms with Gasteiger partial charge in [0, 0.05) is 16.9 Å². The quantitative estimate of drug-likeness (QED) is 0.908. The van der Waals surface area contributed by atoms with Crippen molar-refractivity contribution in [2.75, 3.05) is 14.1 Å². The van der Waals surface area contributed by atoms with E-state index >= 15 is 0 Å². The molecule has 1 aromatic rings. The maximum absolute atomic E-state index is 10.8. The first kappa shape index (κ1) is 14.2. The van der Waals surface area contributed by atoms with Gasteiger partial charge in [0.15, 0.2) is 0 Å². The van der Waals surface area contributed by atoms with Crippen molar-refractivity contribution in [3.63, 3.8) is 0 Å². The van der Waals surface area contributed by atoms with Gasteiger partial charge < -0.3 is 10.0 Å². The summed E-state index contributed by atoms with van der Waals surface area (Å²) in [7, 11) is 3.95. The first-order valence-corrected chi connectivity index (χ1v) is 6.34. The highest BCUT2D eigenvalue weighted by molar-refractivity contribution is 9.10. The highest BCUT2D eigenvalue weighted by Gasteiger charge is 2.23. The molecule has 0 aliphatic carbocycles. The van der Waals surface area contributed by atoms with Crippen molar-refractivity contribution in [3.05, 3.63) is 34.3 Å². The maximum Gasteiger partial charge on any atom is 0.303 e. The fraction of sp³-hybridized carbons (Fsp3) is 0.462. The second-order valence-electron chi connectivity index (χ2n) is 4.54. The van der Waals surface area contributed by atoms with Gasteiger partial charge in [0.2, 0.25) is 0 Å². The molecule has 0 heterocycles. The van der Waals surface area contributed by atoms with E-state index in [2.05, 4.69) is 20.8 Å². The van der Waals surface area contributed by atoms with E-state index < -0.39 is 5.97 Å². The van der Waals surface area contributed by atoms with Crippen LogP contribution in [0.4, 0.5) is 0 Å². The fourth-order valence-electron chi connectivity index (χ4n) is 2.21. The predicted molar refractivity (Wildman–Crippen MR) is 72.0 cm³/mol. The van der Waals surface area contributed by atoms with Gasteiger partial charge in [-0.1, -0.05) is 35.0 Å². The number of benzene rings is 1. The van der Waals surface area contributed by atoms with Crippen LogP contribution in [0.1, 0.15) is 24.9 Å². The smallest absolute Gasteiger partial charge is 0.303 e. The minimum atomic E-state index is -0.751. The topological polar surface area (TPSA) is 40.5 Å². The Morgan fingerprint density at radius 1 is 1.47 bits per heavy atom. The molecule has 2 unspecified atom stereocenters. The zero-order valence-corrected chi connectivity index (χ0v) is 11.9. The van der Waals surface area contributed by atoms with Crippen LogP contribution in [0, 0.1) is 5.92 Å². The van der Waals surface area contributed by atoms with Gasteiger partial charge in [-0.15, -0.1) is 0 Å². The molecule has 17 heavy (non-hydrogen) atoms. The van der Waals surface area contributed by atoms with E-state index in [0.717, 1.165) is 10.0 Å². The molecule has 0 bridgehead atoms. The zero-order valence-electron chi connectivity index (χ0n) is 10.4. The number of nitrogens with zero attached hydrogens (tertiary/aromatic N) is 1. The molecule has 4 heteroatoms. The lowest BCUT2D eigenvalue weighted by molar-refractivity contribution is -0.138. The Bertz CT molecular complexity index is 393. The summed E-state index contributed by atoms with van der Waals surface area (Å²) in [5, 5.41) is 8.89. The summed E-state index contributed by atoms with van der Waals surface area (Å²) in [6.07, 6.45) is 0.176. The minimum Gasteiger partial charge on any atom is -0.481 e. The Morgan fingerprint density at radius 3 is 2.59 bits per heavy atom. The van der Waals surface area contributed by atoms with Crippen molar-refractivity contribution in [3.8, 4) is 0 Å². The van der Waals surface area contributed by atoms with Gasteiger partial charge in [0.25, 0.3) is 0 Å². The Morgan fingerprint density at radius 2 is 2.12 bits per heavy atom. The molecule has 0 aliphatic heterocycles. The third kappa shape index (κ3) is 4.13. The summed E-state index contributed by atoms with van der Waals surface area (Å²) in [5.74, 6) is -0.684. The van der Waals surface area contributed by atoms with Crippen LogP contribution in [0.25, 0.3) is 0 Å². The molecular formula is C13H18BrNO2. The van der Waals surface area contributed by atoms with E-state index in [1.807, 2.05) is 45.3 Å². The summed E-state index contributed by atoms with van der Waals surface area (Å²) >= 11 is 3.44. The second-order valence-corrected chi connectivity index (χ2v) is 5.45. The standard InChI is InChI=1S/C13H18BrNO2/c1-9(7-12(16)17)13(15(2)3)10-5-4-6-11(14)8-10/h4-6,8-9,13H,7H2,1-3H3,(H,16,17). The first-order valence-electron chi connectivity index (χ1n) is 5.55. The monoisotopic (exact) mass is 299 g/mol. The van der Waals surface area contributed by atoms with Gasteiger partial charge in [-0.3, -0.25) is 4.79 Å². The molecule has 3 nitrogen and oxygen atoms in total. The van der Waals surface area contributed by atoms with E-state index in [4.69, 9.17) is 5.11 Å². The van der Waals surface area contributed by atoms with E-state index in [0.29, 0.717) is 0 Å². The largest absolute Gasteiger partial charge is 0.481 e. The van der Waals surface area contributed by atoms with Gasteiger partial charge in [0.1, 0.15) is 0 Å². The Balaban J connectivity index is 2.96. The highest BCUT2D eigenvalue weighted by Crippen LogP contribution is 2.30. The van der Waals surface area contributed by atoms with E-state index in [1.165, 1.54) is 0 Å². The number of hydrogen-bond acceptors (Lipinski definition) is 2. The van der Waals surface area contributed by atoms with Crippen LogP contribution in [-0.4, -0.2) is 30.1 Å². The lowest BCUT2D eigenvalue weighted by atomic mass is 9.91. The van der Waals surface area contributed by atoms with Crippen molar-refractivity contribution >= 4 is 21.9 Å². The van der Waals surface area contributed by atoms with Crippen LogP contribution in [0.2, 0.25) is 0 Å². The molecule has 1 aromatic carbocycles. The lowest BCUT2D eigenvalue weighted by Crippen LogP contribution is -2.27. The number of hydrogen-bond donors (Lipinski definition) is 1. The molecule has 0 aromatic heterocycles. The normalized spacial score (nSPS) is 14.6. The molecule has 1 N–H and O–H groups in total. The molecule has 0 aliphatic rings. The first-order chi connectivity index (χ1) is 7.91. The van der Waals surface area contributed by atoms with Crippen LogP contribution in [0.15, 0.2) is 28.7 Å². The zero-order chi connectivity index (χ0) is 13.0. The summed E-state index contributed by atoms with van der Waals surface area (Å²) in [6.45, 7) is 1.97. The average molecular weight is 300 g/mol. The van der Waals surface area contributed by atoms with Crippen LogP contribution in [0.3, 0.4) is 0 Å². The summed E-state index contributed by atoms with van der Waals surface area (Å²) in [5.41, 5.74) is 1.14. The van der Waals surface area contributed by atoms with Crippen LogP contribution < -0.4 is 0 Å².